The van der Waals surface area contributed by atoms with Gasteiger partial charge in [-0.2, -0.15) is 0 Å². The van der Waals surface area contributed by atoms with Crippen molar-refractivity contribution in [2.75, 3.05) is 6.54 Å². The number of carbonyl (C=O) groups is 5. The van der Waals surface area contributed by atoms with Gasteiger partial charge in [-0.05, 0) is 51.4 Å². The molecule has 3 atom stereocenters. The molecule has 5 N–H and O–H groups in total. The molecule has 1 saturated carbocycles. The summed E-state index contributed by atoms with van der Waals surface area (Å²) in [6.07, 6.45) is 4.37. The van der Waals surface area contributed by atoms with Gasteiger partial charge in [0.1, 0.15) is 12.1 Å². The van der Waals surface area contributed by atoms with E-state index in [0.717, 1.165) is 19.3 Å². The minimum atomic E-state index is -1.08. The van der Waals surface area contributed by atoms with Crippen LogP contribution in [0.25, 0.3) is 0 Å². The molecule has 0 radical (unpaired) electrons. The number of likely N-dealkylation sites (tertiary alicyclic amines) is 1. The molecule has 1 aliphatic carbocycles. The first kappa shape index (κ1) is 27.6. The minimum Gasteiger partial charge on any atom is -0.363 e. The van der Waals surface area contributed by atoms with Gasteiger partial charge >= 0.3 is 6.03 Å². The second-order valence-electron chi connectivity index (χ2n) is 11.7. The summed E-state index contributed by atoms with van der Waals surface area (Å²) < 4.78 is 0. The summed E-state index contributed by atoms with van der Waals surface area (Å²) in [5, 5.41) is 8.27. The molecular formula is C24H41N5O5. The summed E-state index contributed by atoms with van der Waals surface area (Å²) in [4.78, 5) is 64.5. The lowest BCUT2D eigenvalue weighted by Crippen LogP contribution is -2.61. The van der Waals surface area contributed by atoms with E-state index in [0.29, 0.717) is 25.8 Å². The molecule has 10 heteroatoms. The molecule has 2 unspecified atom stereocenters. The Kier molecular flexibility index (Phi) is 8.71. The van der Waals surface area contributed by atoms with Crippen molar-refractivity contribution in [3.8, 4) is 0 Å². The van der Waals surface area contributed by atoms with Crippen LogP contribution in [-0.2, 0) is 19.2 Å². The number of carbonyl (C=O) groups excluding carboxylic acids is 5. The Morgan fingerprint density at radius 2 is 1.56 bits per heavy atom. The van der Waals surface area contributed by atoms with Crippen molar-refractivity contribution < 1.29 is 24.0 Å². The van der Waals surface area contributed by atoms with E-state index in [1.807, 2.05) is 41.5 Å². The summed E-state index contributed by atoms with van der Waals surface area (Å²) in [6, 6.07) is -3.09. The van der Waals surface area contributed by atoms with E-state index < -0.39 is 52.7 Å². The number of nitrogens with two attached hydrogens (primary N) is 1. The maximum Gasteiger partial charge on any atom is 0.315 e. The Labute approximate surface area is 202 Å². The van der Waals surface area contributed by atoms with Crippen molar-refractivity contribution in [3.63, 3.8) is 0 Å². The monoisotopic (exact) mass is 479 g/mol. The van der Waals surface area contributed by atoms with Crippen LogP contribution in [0.2, 0.25) is 0 Å². The van der Waals surface area contributed by atoms with Crippen LogP contribution < -0.4 is 21.7 Å². The fourth-order valence-electron chi connectivity index (χ4n) is 4.36. The predicted molar refractivity (Wildman–Crippen MR) is 127 cm³/mol. The van der Waals surface area contributed by atoms with Gasteiger partial charge in [-0.15, -0.1) is 0 Å². The van der Waals surface area contributed by atoms with Gasteiger partial charge in [0.2, 0.25) is 17.6 Å². The molecule has 2 aliphatic rings. The zero-order valence-corrected chi connectivity index (χ0v) is 21.3. The number of urea groups is 1. The number of nitrogens with one attached hydrogen (secondary N) is 3. The zero-order chi connectivity index (χ0) is 25.8. The lowest BCUT2D eigenvalue weighted by atomic mass is 9.80. The Bertz CT molecular complexity index is 810. The molecule has 1 saturated heterocycles. The highest BCUT2D eigenvalue weighted by atomic mass is 16.2. The van der Waals surface area contributed by atoms with Crippen LogP contribution in [0, 0.1) is 11.3 Å². The normalized spacial score (nSPS) is 20.6. The molecule has 0 bridgehead atoms. The van der Waals surface area contributed by atoms with Gasteiger partial charge in [0.05, 0.1) is 6.04 Å². The molecule has 5 amide bonds. The summed E-state index contributed by atoms with van der Waals surface area (Å²) in [5.41, 5.74) is 4.12. The second kappa shape index (κ2) is 10.7. The zero-order valence-electron chi connectivity index (χ0n) is 21.3. The average Bonchev–Trinajstić information content (AvgIpc) is 3.14. The molecule has 34 heavy (non-hydrogen) atoms. The van der Waals surface area contributed by atoms with E-state index in [1.165, 1.54) is 4.90 Å². The van der Waals surface area contributed by atoms with Gasteiger partial charge in [0.25, 0.3) is 5.91 Å². The van der Waals surface area contributed by atoms with E-state index in [2.05, 4.69) is 16.0 Å². The number of ketones is 1. The standard InChI is InChI=1S/C24H41N5O5/c1-23(2,3)18(27-22(34)28-24(4,5)6)21(33)29-12-8-11-16(29)20(32)26-15(17(30)19(25)31)13-14-9-7-10-14/h14-16,18H,7-13H2,1-6H3,(H2,25,31)(H,26,32)(H2,27,28,34)/t15?,16?,18-/m1/s1. The van der Waals surface area contributed by atoms with Crippen molar-refractivity contribution in [2.24, 2.45) is 17.1 Å². The van der Waals surface area contributed by atoms with Gasteiger partial charge < -0.3 is 26.6 Å². The summed E-state index contributed by atoms with van der Waals surface area (Å²) in [7, 11) is 0. The van der Waals surface area contributed by atoms with Crippen LogP contribution in [0.1, 0.15) is 80.1 Å². The van der Waals surface area contributed by atoms with Gasteiger partial charge in [-0.1, -0.05) is 40.0 Å². The van der Waals surface area contributed by atoms with Crippen molar-refractivity contribution in [1.29, 1.82) is 0 Å². The van der Waals surface area contributed by atoms with Crippen molar-refractivity contribution in [3.05, 3.63) is 0 Å². The first-order chi connectivity index (χ1) is 15.6. The first-order valence-electron chi connectivity index (χ1n) is 12.1. The Balaban J connectivity index is 2.15. The SMILES string of the molecule is CC(C)(C)NC(=O)N[C@H](C(=O)N1CCCC1C(=O)NC(CC1CCC1)C(=O)C(N)=O)C(C)(C)C. The molecular weight excluding hydrogens is 438 g/mol. The van der Waals surface area contributed by atoms with Gasteiger partial charge in [0.15, 0.2) is 0 Å². The molecule has 0 aromatic carbocycles. The molecule has 192 valence electrons. The Morgan fingerprint density at radius 3 is 2.03 bits per heavy atom. The number of primary amides is 1. The van der Waals surface area contributed by atoms with Gasteiger partial charge in [-0.3, -0.25) is 19.2 Å². The molecule has 2 fully saturated rings. The number of nitrogens with zero attached hydrogens (tertiary/aromatic N) is 1. The van der Waals surface area contributed by atoms with E-state index in [9.17, 15) is 24.0 Å². The summed E-state index contributed by atoms with van der Waals surface area (Å²) in [5.74, 6) is -2.46. The quantitative estimate of drug-likeness (QED) is 0.386. The Hall–Kier alpha value is -2.65. The van der Waals surface area contributed by atoms with E-state index in [-0.39, 0.29) is 11.8 Å². The number of Topliss-reactive ketones (excluding diaryl/α,β-unsaturated/α-hetero) is 1. The number of amides is 5. The highest BCUT2D eigenvalue weighted by Gasteiger charge is 2.43. The molecule has 2 rings (SSSR count). The average molecular weight is 480 g/mol. The molecule has 1 aliphatic heterocycles. The van der Waals surface area contributed by atoms with Crippen molar-refractivity contribution in [1.82, 2.24) is 20.9 Å². The molecule has 10 nitrogen and oxygen atoms in total. The van der Waals surface area contributed by atoms with Crippen LogP contribution in [-0.4, -0.2) is 64.6 Å². The summed E-state index contributed by atoms with van der Waals surface area (Å²) >= 11 is 0. The molecule has 0 spiro atoms. The van der Waals surface area contributed by atoms with Gasteiger partial charge in [-0.25, -0.2) is 4.79 Å². The predicted octanol–water partition coefficient (Wildman–Crippen LogP) is 1.22. The third-order valence-corrected chi connectivity index (χ3v) is 6.39. The van der Waals surface area contributed by atoms with Crippen LogP contribution in [0.5, 0.6) is 0 Å². The largest absolute Gasteiger partial charge is 0.363 e. The van der Waals surface area contributed by atoms with E-state index in [1.54, 1.807) is 0 Å². The topological polar surface area (TPSA) is 151 Å². The lowest BCUT2D eigenvalue weighted by molar-refractivity contribution is -0.143. The maximum absolute atomic E-state index is 13.5. The lowest BCUT2D eigenvalue weighted by Gasteiger charge is -2.36. The molecule has 0 aromatic heterocycles. The van der Waals surface area contributed by atoms with E-state index in [4.69, 9.17) is 5.73 Å². The Morgan fingerprint density at radius 1 is 0.941 bits per heavy atom. The minimum absolute atomic E-state index is 0.269. The van der Waals surface area contributed by atoms with Crippen LogP contribution in [0.3, 0.4) is 0 Å². The molecule has 0 aromatic rings. The molecule has 1 heterocycles. The summed E-state index contributed by atoms with van der Waals surface area (Å²) in [6.45, 7) is 11.4. The number of hydrogen-bond acceptors (Lipinski definition) is 5. The first-order valence-corrected chi connectivity index (χ1v) is 12.1. The highest BCUT2D eigenvalue weighted by Crippen LogP contribution is 2.31. The van der Waals surface area contributed by atoms with E-state index >= 15 is 0 Å². The smallest absolute Gasteiger partial charge is 0.315 e. The van der Waals surface area contributed by atoms with Crippen LogP contribution in [0.15, 0.2) is 0 Å². The van der Waals surface area contributed by atoms with Crippen molar-refractivity contribution >= 4 is 29.5 Å². The van der Waals surface area contributed by atoms with Crippen LogP contribution in [0.4, 0.5) is 4.79 Å². The number of rotatable bonds is 8. The van der Waals surface area contributed by atoms with Gasteiger partial charge in [0, 0.05) is 12.1 Å². The fourth-order valence-corrected chi connectivity index (χ4v) is 4.36. The third kappa shape index (κ3) is 7.43. The highest BCUT2D eigenvalue weighted by molar-refractivity contribution is 6.37. The fraction of sp³-hybridized carbons (Fsp3) is 0.792. The maximum atomic E-state index is 13.5. The van der Waals surface area contributed by atoms with Crippen LogP contribution >= 0.6 is 0 Å². The number of hydrogen-bond donors (Lipinski definition) is 4. The second-order valence-corrected chi connectivity index (χ2v) is 11.7. The third-order valence-electron chi connectivity index (χ3n) is 6.39. The van der Waals surface area contributed by atoms with Crippen molar-refractivity contribution in [2.45, 2.75) is 104 Å².